The second-order valence-electron chi connectivity index (χ2n) is 5.91. The van der Waals surface area contributed by atoms with Crippen molar-refractivity contribution in [1.29, 1.82) is 10.5 Å². The standard InChI is InChI=1S/C17H9F3N2O4S/c1-16(23)15-12(8-22)13(2-3-14(15)27(24,25)17(16,19)20)26-11-5-9(7-21)4-10(18)6-11/h2-6,23H,1H3/t16-/m0/s1. The van der Waals surface area contributed by atoms with Crippen LogP contribution >= 0.6 is 0 Å². The van der Waals surface area contributed by atoms with Crippen molar-refractivity contribution >= 4 is 9.84 Å². The third kappa shape index (κ3) is 2.46. The summed E-state index contributed by atoms with van der Waals surface area (Å²) in [7, 11) is -5.22. The second kappa shape index (κ2) is 5.71. The van der Waals surface area contributed by atoms with Crippen molar-refractivity contribution in [3.63, 3.8) is 0 Å². The quantitative estimate of drug-likeness (QED) is 0.838. The molecule has 3 rings (SSSR count). The highest BCUT2D eigenvalue weighted by atomic mass is 32.2. The topological polar surface area (TPSA) is 111 Å². The molecule has 0 spiro atoms. The lowest BCUT2D eigenvalue weighted by Gasteiger charge is -2.25. The Hall–Kier alpha value is -3.08. The number of hydrogen-bond acceptors (Lipinski definition) is 6. The molecule has 138 valence electrons. The molecule has 0 radical (unpaired) electrons. The summed E-state index contributed by atoms with van der Waals surface area (Å²) >= 11 is 0. The fourth-order valence-corrected chi connectivity index (χ4v) is 4.54. The Balaban J connectivity index is 2.23. The minimum absolute atomic E-state index is 0.0919. The van der Waals surface area contributed by atoms with Crippen molar-refractivity contribution < 1.29 is 31.4 Å². The maximum absolute atomic E-state index is 14.2. The SMILES string of the molecule is C[C@]1(O)c2c(ccc(Oc3cc(F)cc(C#N)c3)c2C#N)S(=O)(=O)C1(F)F. The largest absolute Gasteiger partial charge is 0.456 e. The number of ether oxygens (including phenoxy) is 1. The van der Waals surface area contributed by atoms with Gasteiger partial charge in [0.25, 0.3) is 0 Å². The molecule has 0 amide bonds. The van der Waals surface area contributed by atoms with E-state index in [9.17, 15) is 32.0 Å². The molecular weight excluding hydrogens is 385 g/mol. The molecule has 0 saturated heterocycles. The molecule has 1 aliphatic heterocycles. The number of fused-ring (bicyclic) bond motifs is 1. The van der Waals surface area contributed by atoms with Gasteiger partial charge in [0.15, 0.2) is 5.60 Å². The van der Waals surface area contributed by atoms with E-state index in [4.69, 9.17) is 10.00 Å². The van der Waals surface area contributed by atoms with Crippen LogP contribution < -0.4 is 4.74 Å². The average molecular weight is 394 g/mol. The van der Waals surface area contributed by atoms with E-state index in [2.05, 4.69) is 0 Å². The smallest absolute Gasteiger partial charge is 0.381 e. The van der Waals surface area contributed by atoms with Crippen molar-refractivity contribution in [3.8, 4) is 23.6 Å². The highest BCUT2D eigenvalue weighted by molar-refractivity contribution is 7.93. The molecule has 1 N–H and O–H groups in total. The van der Waals surface area contributed by atoms with Crippen LogP contribution in [0.2, 0.25) is 0 Å². The first-order valence-electron chi connectivity index (χ1n) is 7.28. The summed E-state index contributed by atoms with van der Waals surface area (Å²) in [6.45, 7) is 0.580. The Morgan fingerprint density at radius 1 is 1.15 bits per heavy atom. The monoisotopic (exact) mass is 394 g/mol. The number of rotatable bonds is 2. The lowest BCUT2D eigenvalue weighted by molar-refractivity contribution is -0.115. The first-order valence-corrected chi connectivity index (χ1v) is 8.76. The van der Waals surface area contributed by atoms with E-state index in [1.54, 1.807) is 12.1 Å². The summed E-state index contributed by atoms with van der Waals surface area (Å²) < 4.78 is 71.4. The van der Waals surface area contributed by atoms with Crippen LogP contribution in [0.15, 0.2) is 35.2 Å². The van der Waals surface area contributed by atoms with Gasteiger partial charge in [-0.3, -0.25) is 0 Å². The summed E-state index contributed by atoms with van der Waals surface area (Å²) in [4.78, 5) is -0.890. The number of sulfone groups is 1. The van der Waals surface area contributed by atoms with E-state index in [-0.39, 0.29) is 17.1 Å². The highest BCUT2D eigenvalue weighted by Crippen LogP contribution is 2.55. The van der Waals surface area contributed by atoms with Crippen molar-refractivity contribution in [2.24, 2.45) is 0 Å². The maximum Gasteiger partial charge on any atom is 0.381 e. The van der Waals surface area contributed by atoms with E-state index >= 15 is 0 Å². The van der Waals surface area contributed by atoms with E-state index in [1.165, 1.54) is 0 Å². The van der Waals surface area contributed by atoms with Gasteiger partial charge in [0.05, 0.1) is 16.5 Å². The van der Waals surface area contributed by atoms with Crippen LogP contribution in [0.5, 0.6) is 11.5 Å². The van der Waals surface area contributed by atoms with Gasteiger partial charge in [-0.05, 0) is 31.2 Å². The molecule has 0 unspecified atom stereocenters. The highest BCUT2D eigenvalue weighted by Gasteiger charge is 2.68. The van der Waals surface area contributed by atoms with E-state index in [0.29, 0.717) is 6.92 Å². The molecule has 10 heteroatoms. The predicted molar refractivity (Wildman–Crippen MR) is 84.0 cm³/mol. The van der Waals surface area contributed by atoms with Gasteiger partial charge < -0.3 is 9.84 Å². The molecular formula is C17H9F3N2O4S. The van der Waals surface area contributed by atoms with Crippen LogP contribution in [0.1, 0.15) is 23.6 Å². The van der Waals surface area contributed by atoms with Crippen LogP contribution in [0.3, 0.4) is 0 Å². The number of aliphatic hydroxyl groups is 1. The van der Waals surface area contributed by atoms with E-state index in [1.807, 2.05) is 0 Å². The van der Waals surface area contributed by atoms with Crippen molar-refractivity contribution in [3.05, 3.63) is 52.8 Å². The molecule has 1 atom stereocenters. The molecule has 0 aromatic heterocycles. The summed E-state index contributed by atoms with van der Waals surface area (Å²) in [5, 5.41) is 23.9. The van der Waals surface area contributed by atoms with Gasteiger partial charge in [-0.2, -0.15) is 19.3 Å². The third-order valence-electron chi connectivity index (χ3n) is 4.15. The zero-order chi connectivity index (χ0) is 20.2. The number of alkyl halides is 2. The molecule has 0 aliphatic carbocycles. The van der Waals surface area contributed by atoms with Crippen molar-refractivity contribution in [2.75, 3.05) is 0 Å². The fourth-order valence-electron chi connectivity index (χ4n) is 2.83. The Kier molecular flexibility index (Phi) is 3.95. The minimum atomic E-state index is -5.22. The lowest BCUT2D eigenvalue weighted by atomic mass is 9.91. The number of nitriles is 2. The average Bonchev–Trinajstić information content (AvgIpc) is 2.69. The molecule has 0 bridgehead atoms. The molecule has 27 heavy (non-hydrogen) atoms. The first kappa shape index (κ1) is 18.7. The fraction of sp³-hybridized carbons (Fsp3) is 0.176. The maximum atomic E-state index is 14.2. The van der Waals surface area contributed by atoms with E-state index < -0.39 is 42.5 Å². The molecule has 2 aromatic carbocycles. The Morgan fingerprint density at radius 3 is 2.41 bits per heavy atom. The summed E-state index contributed by atoms with van der Waals surface area (Å²) in [5.74, 6) is -1.40. The minimum Gasteiger partial charge on any atom is -0.456 e. The third-order valence-corrected chi connectivity index (χ3v) is 6.14. The van der Waals surface area contributed by atoms with Crippen LogP contribution in [0.4, 0.5) is 13.2 Å². The molecule has 2 aromatic rings. The summed E-state index contributed by atoms with van der Waals surface area (Å²) in [6.07, 6.45) is 0. The van der Waals surface area contributed by atoms with Gasteiger partial charge in [0.1, 0.15) is 28.9 Å². The Labute approximate surface area is 151 Å². The van der Waals surface area contributed by atoms with E-state index in [0.717, 1.165) is 30.3 Å². The Morgan fingerprint density at radius 2 is 1.81 bits per heavy atom. The molecule has 0 saturated carbocycles. The van der Waals surface area contributed by atoms with Gasteiger partial charge in [-0.1, -0.05) is 0 Å². The second-order valence-corrected chi connectivity index (χ2v) is 7.86. The van der Waals surface area contributed by atoms with Gasteiger partial charge in [0.2, 0.25) is 9.84 Å². The molecule has 0 fully saturated rings. The molecule has 6 nitrogen and oxygen atoms in total. The number of benzene rings is 2. The van der Waals surface area contributed by atoms with Gasteiger partial charge >= 0.3 is 5.25 Å². The normalized spacial score (nSPS) is 21.7. The van der Waals surface area contributed by atoms with Crippen molar-refractivity contribution in [1.82, 2.24) is 0 Å². The van der Waals surface area contributed by atoms with Crippen LogP contribution in [-0.4, -0.2) is 18.8 Å². The predicted octanol–water partition coefficient (Wildman–Crippen LogP) is 2.95. The molecule has 1 aliphatic rings. The van der Waals surface area contributed by atoms with Crippen LogP contribution in [0.25, 0.3) is 0 Å². The zero-order valence-electron chi connectivity index (χ0n) is 13.5. The summed E-state index contributed by atoms with van der Waals surface area (Å²) in [6, 6.07) is 7.93. The zero-order valence-corrected chi connectivity index (χ0v) is 14.3. The van der Waals surface area contributed by atoms with Gasteiger partial charge in [-0.15, -0.1) is 0 Å². The molecule has 1 heterocycles. The number of nitrogens with zero attached hydrogens (tertiary/aromatic N) is 2. The van der Waals surface area contributed by atoms with Crippen molar-refractivity contribution in [2.45, 2.75) is 22.7 Å². The van der Waals surface area contributed by atoms with Crippen LogP contribution in [0, 0.1) is 28.5 Å². The Bertz CT molecular complexity index is 1160. The first-order chi connectivity index (χ1) is 12.5. The summed E-state index contributed by atoms with van der Waals surface area (Å²) in [5.41, 5.74) is -4.71. The number of hydrogen-bond donors (Lipinski definition) is 1. The lowest BCUT2D eigenvalue weighted by Crippen LogP contribution is -2.42. The van der Waals surface area contributed by atoms with Gasteiger partial charge in [0, 0.05) is 11.6 Å². The van der Waals surface area contributed by atoms with Gasteiger partial charge in [-0.25, -0.2) is 12.8 Å². The number of halogens is 3. The van der Waals surface area contributed by atoms with Crippen LogP contribution in [-0.2, 0) is 15.4 Å².